The molecule has 0 atom stereocenters. The number of nitrogens with one attached hydrogen (secondary N) is 1. The van der Waals surface area contributed by atoms with Crippen LogP contribution >= 0.6 is 0 Å². The molecule has 0 aliphatic heterocycles. The van der Waals surface area contributed by atoms with Crippen LogP contribution in [-0.2, 0) is 6.54 Å². The smallest absolute Gasteiger partial charge is 0.0397 e. The van der Waals surface area contributed by atoms with Crippen LogP contribution < -0.4 is 5.32 Å². The van der Waals surface area contributed by atoms with Crippen molar-refractivity contribution in [2.75, 3.05) is 0 Å². The van der Waals surface area contributed by atoms with Crippen LogP contribution in [0.3, 0.4) is 0 Å². The molecule has 0 amide bonds. The standard InChI is InChI=1S/C12H17N/c1-3-7-11(2)13-10-12-8-5-4-6-9-12/h4-6,8-9,13H,2-3,7,10H2,1H3. The van der Waals surface area contributed by atoms with Crippen molar-refractivity contribution in [2.24, 2.45) is 0 Å². The van der Waals surface area contributed by atoms with E-state index in [1.807, 2.05) is 6.07 Å². The lowest BCUT2D eigenvalue weighted by atomic mass is 10.2. The van der Waals surface area contributed by atoms with Crippen LogP contribution in [-0.4, -0.2) is 0 Å². The van der Waals surface area contributed by atoms with E-state index in [0.29, 0.717) is 0 Å². The highest BCUT2D eigenvalue weighted by molar-refractivity contribution is 5.15. The topological polar surface area (TPSA) is 12.0 Å². The Morgan fingerprint density at radius 2 is 2.00 bits per heavy atom. The average molecular weight is 175 g/mol. The molecule has 0 heterocycles. The molecule has 0 aliphatic carbocycles. The van der Waals surface area contributed by atoms with Gasteiger partial charge in [0.15, 0.2) is 0 Å². The zero-order valence-electron chi connectivity index (χ0n) is 8.22. The third kappa shape index (κ3) is 3.79. The summed E-state index contributed by atoms with van der Waals surface area (Å²) < 4.78 is 0. The predicted octanol–water partition coefficient (Wildman–Crippen LogP) is 3.09. The van der Waals surface area contributed by atoms with E-state index in [1.165, 1.54) is 5.56 Å². The van der Waals surface area contributed by atoms with Gasteiger partial charge < -0.3 is 5.32 Å². The van der Waals surface area contributed by atoms with Crippen molar-refractivity contribution in [3.8, 4) is 0 Å². The van der Waals surface area contributed by atoms with Gasteiger partial charge in [-0.1, -0.05) is 50.3 Å². The molecule has 0 unspecified atom stereocenters. The highest BCUT2D eigenvalue weighted by Crippen LogP contribution is 2.01. The Kier molecular flexibility index (Phi) is 4.10. The number of benzene rings is 1. The van der Waals surface area contributed by atoms with E-state index >= 15 is 0 Å². The molecule has 1 heteroatoms. The van der Waals surface area contributed by atoms with Crippen LogP contribution in [0.5, 0.6) is 0 Å². The van der Waals surface area contributed by atoms with Crippen molar-refractivity contribution in [3.05, 3.63) is 48.2 Å². The van der Waals surface area contributed by atoms with Crippen LogP contribution in [0.15, 0.2) is 42.6 Å². The third-order valence-corrected chi connectivity index (χ3v) is 1.94. The average Bonchev–Trinajstić information content (AvgIpc) is 2.17. The monoisotopic (exact) mass is 175 g/mol. The van der Waals surface area contributed by atoms with Gasteiger partial charge >= 0.3 is 0 Å². The molecule has 1 aromatic rings. The van der Waals surface area contributed by atoms with Gasteiger partial charge in [0.25, 0.3) is 0 Å². The van der Waals surface area contributed by atoms with Crippen LogP contribution in [0.25, 0.3) is 0 Å². The van der Waals surface area contributed by atoms with Gasteiger partial charge in [-0.15, -0.1) is 0 Å². The Morgan fingerprint density at radius 1 is 1.31 bits per heavy atom. The molecule has 0 fully saturated rings. The van der Waals surface area contributed by atoms with Gasteiger partial charge in [-0.05, 0) is 12.0 Å². The molecule has 0 bridgehead atoms. The van der Waals surface area contributed by atoms with E-state index in [-0.39, 0.29) is 0 Å². The van der Waals surface area contributed by atoms with E-state index in [1.54, 1.807) is 0 Å². The molecule has 0 aromatic heterocycles. The lowest BCUT2D eigenvalue weighted by Crippen LogP contribution is -2.11. The number of hydrogen-bond donors (Lipinski definition) is 1. The summed E-state index contributed by atoms with van der Waals surface area (Å²) in [6.07, 6.45) is 2.22. The van der Waals surface area contributed by atoms with Gasteiger partial charge in [-0.2, -0.15) is 0 Å². The predicted molar refractivity (Wildman–Crippen MR) is 57.3 cm³/mol. The molecular weight excluding hydrogens is 158 g/mol. The van der Waals surface area contributed by atoms with Crippen molar-refractivity contribution >= 4 is 0 Å². The molecule has 0 aliphatic rings. The summed E-state index contributed by atoms with van der Waals surface area (Å²) in [5.74, 6) is 0. The Bertz CT molecular complexity index is 251. The summed E-state index contributed by atoms with van der Waals surface area (Å²) >= 11 is 0. The highest BCUT2D eigenvalue weighted by Gasteiger charge is 1.92. The molecule has 70 valence electrons. The maximum absolute atomic E-state index is 3.95. The highest BCUT2D eigenvalue weighted by atomic mass is 14.9. The van der Waals surface area contributed by atoms with Gasteiger partial charge in [0.2, 0.25) is 0 Å². The SMILES string of the molecule is C=C(CCC)NCc1ccccc1. The minimum Gasteiger partial charge on any atom is -0.385 e. The molecule has 1 nitrogen and oxygen atoms in total. The van der Waals surface area contributed by atoms with E-state index in [4.69, 9.17) is 0 Å². The van der Waals surface area contributed by atoms with E-state index in [9.17, 15) is 0 Å². The lowest BCUT2D eigenvalue weighted by molar-refractivity contribution is 0.740. The van der Waals surface area contributed by atoms with Crippen LogP contribution in [0.2, 0.25) is 0 Å². The van der Waals surface area contributed by atoms with Crippen molar-refractivity contribution in [2.45, 2.75) is 26.3 Å². The van der Waals surface area contributed by atoms with Crippen molar-refractivity contribution in [1.29, 1.82) is 0 Å². The van der Waals surface area contributed by atoms with Gasteiger partial charge in [0.05, 0.1) is 0 Å². The van der Waals surface area contributed by atoms with Gasteiger partial charge in [0, 0.05) is 12.2 Å². The van der Waals surface area contributed by atoms with Crippen LogP contribution in [0.4, 0.5) is 0 Å². The number of rotatable bonds is 5. The molecule has 13 heavy (non-hydrogen) atoms. The Hall–Kier alpha value is -1.24. The zero-order valence-corrected chi connectivity index (χ0v) is 8.22. The molecule has 0 spiro atoms. The fraction of sp³-hybridized carbons (Fsp3) is 0.333. The summed E-state index contributed by atoms with van der Waals surface area (Å²) in [5, 5.41) is 3.31. The molecule has 0 saturated heterocycles. The first-order chi connectivity index (χ1) is 6.33. The minimum absolute atomic E-state index is 0.889. The number of hydrogen-bond acceptors (Lipinski definition) is 1. The molecule has 0 saturated carbocycles. The van der Waals surface area contributed by atoms with E-state index in [0.717, 1.165) is 25.1 Å². The number of allylic oxidation sites excluding steroid dienone is 1. The third-order valence-electron chi connectivity index (χ3n) is 1.94. The van der Waals surface area contributed by atoms with Crippen molar-refractivity contribution < 1.29 is 0 Å². The van der Waals surface area contributed by atoms with Gasteiger partial charge in [-0.25, -0.2) is 0 Å². The first-order valence-corrected chi connectivity index (χ1v) is 4.78. The quantitative estimate of drug-likeness (QED) is 0.725. The summed E-state index contributed by atoms with van der Waals surface area (Å²) in [4.78, 5) is 0. The second-order valence-electron chi connectivity index (χ2n) is 3.19. The zero-order chi connectivity index (χ0) is 9.52. The Labute approximate surface area is 80.5 Å². The molecule has 1 N–H and O–H groups in total. The molecule has 0 radical (unpaired) electrons. The maximum atomic E-state index is 3.95. The second kappa shape index (κ2) is 5.41. The van der Waals surface area contributed by atoms with Crippen molar-refractivity contribution in [3.63, 3.8) is 0 Å². The summed E-state index contributed by atoms with van der Waals surface area (Å²) in [5.41, 5.74) is 2.44. The molecule has 1 aromatic carbocycles. The maximum Gasteiger partial charge on any atom is 0.0397 e. The van der Waals surface area contributed by atoms with E-state index < -0.39 is 0 Å². The lowest BCUT2D eigenvalue weighted by Gasteiger charge is -2.07. The minimum atomic E-state index is 0.889. The fourth-order valence-electron chi connectivity index (χ4n) is 1.21. The summed E-state index contributed by atoms with van der Waals surface area (Å²) in [7, 11) is 0. The molecular formula is C12H17N. The van der Waals surface area contributed by atoms with E-state index in [2.05, 4.69) is 43.1 Å². The largest absolute Gasteiger partial charge is 0.385 e. The van der Waals surface area contributed by atoms with Crippen molar-refractivity contribution in [1.82, 2.24) is 5.32 Å². The Morgan fingerprint density at radius 3 is 2.62 bits per heavy atom. The summed E-state index contributed by atoms with van der Waals surface area (Å²) in [6.45, 7) is 7.00. The van der Waals surface area contributed by atoms with Crippen LogP contribution in [0, 0.1) is 0 Å². The van der Waals surface area contributed by atoms with Gasteiger partial charge in [0.1, 0.15) is 0 Å². The Balaban J connectivity index is 2.31. The first kappa shape index (κ1) is 9.85. The van der Waals surface area contributed by atoms with Crippen LogP contribution in [0.1, 0.15) is 25.3 Å². The molecule has 1 rings (SSSR count). The first-order valence-electron chi connectivity index (χ1n) is 4.78. The summed E-state index contributed by atoms with van der Waals surface area (Å²) in [6, 6.07) is 10.4. The second-order valence-corrected chi connectivity index (χ2v) is 3.19. The normalized spacial score (nSPS) is 9.62. The fourth-order valence-corrected chi connectivity index (χ4v) is 1.21. The van der Waals surface area contributed by atoms with Gasteiger partial charge in [-0.3, -0.25) is 0 Å².